The Morgan fingerprint density at radius 2 is 1.82 bits per heavy atom. The van der Waals surface area contributed by atoms with Crippen molar-refractivity contribution in [1.82, 2.24) is 0 Å². The van der Waals surface area contributed by atoms with Crippen molar-refractivity contribution < 1.29 is 18.8 Å². The maximum Gasteiger partial charge on any atom is 0.505 e. The molecule has 0 unspecified atom stereocenters. The van der Waals surface area contributed by atoms with Crippen molar-refractivity contribution in [3.8, 4) is 5.06 Å². The van der Waals surface area contributed by atoms with Gasteiger partial charge in [0.15, 0.2) is 5.06 Å². The van der Waals surface area contributed by atoms with Crippen molar-refractivity contribution in [2.45, 2.75) is 72.0 Å². The molecule has 0 N–H and O–H groups in total. The van der Waals surface area contributed by atoms with Gasteiger partial charge in [0.2, 0.25) is 0 Å². The molecule has 2 heterocycles. The quantitative estimate of drug-likeness (QED) is 0.616. The van der Waals surface area contributed by atoms with Gasteiger partial charge in [0.05, 0.1) is 11.2 Å². The molecule has 2 rings (SSSR count). The second kappa shape index (κ2) is 6.34. The fraction of sp³-hybridized carbons (Fsp3) is 0.688. The lowest BCUT2D eigenvalue weighted by Crippen LogP contribution is -2.41. The first kappa shape index (κ1) is 17.5. The monoisotopic (exact) mass is 324 g/mol. The van der Waals surface area contributed by atoms with E-state index in [0.29, 0.717) is 11.5 Å². The molecule has 1 aliphatic heterocycles. The third-order valence-electron chi connectivity index (χ3n) is 4.29. The molecule has 0 amide bonds. The van der Waals surface area contributed by atoms with Crippen molar-refractivity contribution in [1.29, 1.82) is 0 Å². The minimum atomic E-state index is -0.403. The zero-order chi connectivity index (χ0) is 16.5. The maximum absolute atomic E-state index is 11.6. The van der Waals surface area contributed by atoms with Crippen LogP contribution in [0.15, 0.2) is 6.07 Å². The maximum atomic E-state index is 11.6. The number of hydrogen-bond donors (Lipinski definition) is 0. The van der Waals surface area contributed by atoms with Gasteiger partial charge in [-0.1, -0.05) is 20.3 Å². The van der Waals surface area contributed by atoms with Gasteiger partial charge < -0.3 is 14.0 Å². The SMILES string of the molecule is CCCc1cc(B2OC(C)(C)C(C)(C)O2)sc1OC(=O)CC. The van der Waals surface area contributed by atoms with Crippen LogP contribution in [0.5, 0.6) is 5.06 Å². The molecule has 0 saturated carbocycles. The van der Waals surface area contributed by atoms with Crippen molar-refractivity contribution in [2.24, 2.45) is 0 Å². The van der Waals surface area contributed by atoms with Crippen LogP contribution >= 0.6 is 11.3 Å². The van der Waals surface area contributed by atoms with Gasteiger partial charge in [-0.25, -0.2) is 0 Å². The lowest BCUT2D eigenvalue weighted by atomic mass is 9.87. The molecule has 122 valence electrons. The number of thiophene rings is 1. The topological polar surface area (TPSA) is 44.8 Å². The minimum absolute atomic E-state index is 0.209. The number of carbonyl (C=O) groups excluding carboxylic acids is 1. The van der Waals surface area contributed by atoms with Gasteiger partial charge in [-0.05, 0) is 40.2 Å². The van der Waals surface area contributed by atoms with Crippen LogP contribution in [0.2, 0.25) is 0 Å². The third kappa shape index (κ3) is 3.39. The Bertz CT molecular complexity index is 534. The Morgan fingerprint density at radius 3 is 2.32 bits per heavy atom. The molecule has 0 bridgehead atoms. The molecule has 0 aliphatic carbocycles. The van der Waals surface area contributed by atoms with E-state index in [2.05, 4.69) is 13.0 Å². The second-order valence-corrected chi connectivity index (χ2v) is 7.67. The Hall–Kier alpha value is -0.845. The predicted molar refractivity (Wildman–Crippen MR) is 90.0 cm³/mol. The smallest absolute Gasteiger partial charge is 0.415 e. The van der Waals surface area contributed by atoms with Gasteiger partial charge in [-0.3, -0.25) is 4.79 Å². The summed E-state index contributed by atoms with van der Waals surface area (Å²) in [6.07, 6.45) is 2.24. The number of esters is 1. The fourth-order valence-corrected chi connectivity index (χ4v) is 3.25. The van der Waals surface area contributed by atoms with Crippen LogP contribution in [0, 0.1) is 0 Å². The van der Waals surface area contributed by atoms with Gasteiger partial charge in [0.1, 0.15) is 0 Å². The molecular formula is C16H25BO4S. The molecule has 0 aromatic carbocycles. The molecule has 1 aromatic heterocycles. The fourth-order valence-electron chi connectivity index (χ4n) is 2.21. The summed E-state index contributed by atoms with van der Waals surface area (Å²) in [5, 5.41) is 0.679. The first-order chi connectivity index (χ1) is 10.2. The summed E-state index contributed by atoms with van der Waals surface area (Å²) in [6, 6.07) is 2.05. The van der Waals surface area contributed by atoms with Gasteiger partial charge in [-0.15, -0.1) is 11.3 Å². The van der Waals surface area contributed by atoms with Crippen molar-refractivity contribution in [3.63, 3.8) is 0 Å². The van der Waals surface area contributed by atoms with Crippen LogP contribution in [0.25, 0.3) is 0 Å². The molecule has 6 heteroatoms. The Kier molecular flexibility index (Phi) is 5.04. The van der Waals surface area contributed by atoms with Crippen LogP contribution in [-0.2, 0) is 20.5 Å². The Balaban J connectivity index is 2.25. The normalized spacial score (nSPS) is 19.5. The Morgan fingerprint density at radius 1 is 1.23 bits per heavy atom. The molecule has 0 atom stereocenters. The lowest BCUT2D eigenvalue weighted by Gasteiger charge is -2.32. The molecule has 1 aliphatic rings. The van der Waals surface area contributed by atoms with Gasteiger partial charge >= 0.3 is 13.1 Å². The summed E-state index contributed by atoms with van der Waals surface area (Å²) in [5.41, 5.74) is 0.318. The van der Waals surface area contributed by atoms with E-state index in [4.69, 9.17) is 14.0 Å². The number of aryl methyl sites for hydroxylation is 1. The standard InChI is InChI=1S/C16H25BO4S/c1-7-9-11-10-12(22-14(11)19-13(18)8-2)17-20-15(3,4)16(5,6)21-17/h10H,7-9H2,1-6H3. The largest absolute Gasteiger partial charge is 0.505 e. The van der Waals surface area contributed by atoms with Crippen molar-refractivity contribution in [2.75, 3.05) is 0 Å². The highest BCUT2D eigenvalue weighted by Crippen LogP contribution is 2.38. The molecule has 22 heavy (non-hydrogen) atoms. The van der Waals surface area contributed by atoms with Crippen LogP contribution in [0.1, 0.15) is 59.9 Å². The minimum Gasteiger partial charge on any atom is -0.415 e. The van der Waals surface area contributed by atoms with Crippen LogP contribution in [0.3, 0.4) is 0 Å². The summed E-state index contributed by atoms with van der Waals surface area (Å²) in [4.78, 5) is 11.6. The third-order valence-corrected chi connectivity index (χ3v) is 5.37. The summed E-state index contributed by atoms with van der Waals surface area (Å²) in [6.45, 7) is 12.0. The average molecular weight is 324 g/mol. The van der Waals surface area contributed by atoms with Crippen LogP contribution < -0.4 is 9.51 Å². The molecule has 1 saturated heterocycles. The first-order valence-electron chi connectivity index (χ1n) is 7.89. The summed E-state index contributed by atoms with van der Waals surface area (Å²) in [7, 11) is -0.403. The molecule has 4 nitrogen and oxygen atoms in total. The van der Waals surface area contributed by atoms with E-state index in [9.17, 15) is 4.79 Å². The van der Waals surface area contributed by atoms with Crippen molar-refractivity contribution >= 4 is 29.2 Å². The van der Waals surface area contributed by atoms with Gasteiger partial charge in [-0.2, -0.15) is 0 Å². The van der Waals surface area contributed by atoms with Crippen LogP contribution in [0.4, 0.5) is 0 Å². The summed E-state index contributed by atoms with van der Waals surface area (Å²) >= 11 is 1.45. The number of ether oxygens (including phenoxy) is 1. The molecule has 1 aromatic rings. The highest BCUT2D eigenvalue weighted by molar-refractivity contribution is 7.24. The molecule has 0 radical (unpaired) electrons. The van der Waals surface area contributed by atoms with E-state index < -0.39 is 7.12 Å². The first-order valence-corrected chi connectivity index (χ1v) is 8.70. The van der Waals surface area contributed by atoms with E-state index in [-0.39, 0.29) is 17.2 Å². The van der Waals surface area contributed by atoms with E-state index in [1.807, 2.05) is 27.7 Å². The zero-order valence-electron chi connectivity index (χ0n) is 14.3. The van der Waals surface area contributed by atoms with Crippen molar-refractivity contribution in [3.05, 3.63) is 11.6 Å². The van der Waals surface area contributed by atoms with E-state index in [1.54, 1.807) is 6.92 Å². The van der Waals surface area contributed by atoms with Gasteiger partial charge in [0, 0.05) is 16.8 Å². The molecule has 0 spiro atoms. The number of carbonyl (C=O) groups is 1. The zero-order valence-corrected chi connectivity index (χ0v) is 15.1. The summed E-state index contributed by atoms with van der Waals surface area (Å²) < 4.78 is 18.6. The van der Waals surface area contributed by atoms with E-state index in [0.717, 1.165) is 23.2 Å². The van der Waals surface area contributed by atoms with E-state index in [1.165, 1.54) is 11.3 Å². The Labute approximate surface area is 137 Å². The number of hydrogen-bond acceptors (Lipinski definition) is 5. The number of rotatable bonds is 5. The molecular weight excluding hydrogens is 299 g/mol. The highest BCUT2D eigenvalue weighted by atomic mass is 32.1. The lowest BCUT2D eigenvalue weighted by molar-refractivity contribution is -0.133. The van der Waals surface area contributed by atoms with Gasteiger partial charge in [0.25, 0.3) is 0 Å². The van der Waals surface area contributed by atoms with E-state index >= 15 is 0 Å². The second-order valence-electron chi connectivity index (χ2n) is 6.63. The average Bonchev–Trinajstić information content (AvgIpc) is 2.89. The predicted octanol–water partition coefficient (Wildman–Crippen LogP) is 3.32. The summed E-state index contributed by atoms with van der Waals surface area (Å²) in [5.74, 6) is -0.209. The molecule has 1 fully saturated rings. The van der Waals surface area contributed by atoms with Crippen LogP contribution in [-0.4, -0.2) is 24.3 Å². The highest BCUT2D eigenvalue weighted by Gasteiger charge is 2.52.